The molecule has 456 valence electrons. The zero-order chi connectivity index (χ0) is 62.8. The van der Waals surface area contributed by atoms with Crippen LogP contribution in [0.15, 0.2) is 36.4 Å². The van der Waals surface area contributed by atoms with Crippen LogP contribution in [0.2, 0.25) is 0 Å². The molecule has 2 heterocycles. The van der Waals surface area contributed by atoms with Gasteiger partial charge in [-0.15, -0.1) is 0 Å². The minimum Gasteiger partial charge on any atom is -0.507 e. The summed E-state index contributed by atoms with van der Waals surface area (Å²) < 4.78 is 13.1. The molecule has 0 radical (unpaired) electrons. The van der Waals surface area contributed by atoms with Crippen LogP contribution in [0, 0.1) is 5.41 Å². The van der Waals surface area contributed by atoms with Crippen molar-refractivity contribution in [3.05, 3.63) is 80.9 Å². The molecule has 0 bridgehead atoms. The molecule has 2 saturated heterocycles. The van der Waals surface area contributed by atoms with Crippen molar-refractivity contribution in [3.63, 3.8) is 0 Å². The van der Waals surface area contributed by atoms with Crippen LogP contribution in [0.25, 0.3) is 11.1 Å². The quantitative estimate of drug-likeness (QED) is 0.126. The predicted octanol–water partition coefficient (Wildman–Crippen LogP) is 17.0. The molecule has 10 nitrogen and oxygen atoms in total. The largest absolute Gasteiger partial charge is 0.507 e. The SMILES string of the molecule is CC(C)(C)c1ccc(-c2c(C(=O)O)cc(C(C)(C)C)c(O)c2C(C)(C)C)c(C(C)(C)C)c1.CCCCC(Cc1cc(C(C)(C)C)c(O)c(C(C)(C)C)c1)(C(=O)OC1CC(C)(C)N(C)C(C)(C)C1)C(=O)OC1CC(C)(C)N(C)C(C)(C)C1. The summed E-state index contributed by atoms with van der Waals surface area (Å²) in [4.78, 5) is 47.2. The number of unbranched alkanes of at least 4 members (excludes halogenated alkanes) is 1. The minimum absolute atomic E-state index is 0.0285. The topological polar surface area (TPSA) is 137 Å². The summed E-state index contributed by atoms with van der Waals surface area (Å²) in [5, 5.41) is 33.3. The summed E-state index contributed by atoms with van der Waals surface area (Å²) in [6.45, 7) is 57.2. The number of piperidine rings is 2. The van der Waals surface area contributed by atoms with Crippen molar-refractivity contribution in [1.82, 2.24) is 9.80 Å². The van der Waals surface area contributed by atoms with Gasteiger partial charge in [0.2, 0.25) is 0 Å². The van der Waals surface area contributed by atoms with Crippen LogP contribution in [-0.4, -0.2) is 91.5 Å². The minimum atomic E-state index is -1.54. The molecule has 0 amide bonds. The molecule has 0 spiro atoms. The highest BCUT2D eigenvalue weighted by Gasteiger charge is 2.54. The normalized spacial score (nSPS) is 18.7. The molecule has 2 aliphatic heterocycles. The van der Waals surface area contributed by atoms with E-state index in [-0.39, 0.29) is 79.5 Å². The van der Waals surface area contributed by atoms with E-state index in [2.05, 4.69) is 181 Å². The molecular formula is C71H114N2O8. The van der Waals surface area contributed by atoms with Gasteiger partial charge in [-0.3, -0.25) is 19.4 Å². The Labute approximate surface area is 492 Å². The number of carbonyl (C=O) groups is 3. The van der Waals surface area contributed by atoms with E-state index >= 15 is 0 Å². The van der Waals surface area contributed by atoms with Gasteiger partial charge in [0.1, 0.15) is 23.7 Å². The predicted molar refractivity (Wildman–Crippen MR) is 337 cm³/mol. The highest BCUT2D eigenvalue weighted by molar-refractivity contribution is 6.01. The van der Waals surface area contributed by atoms with Crippen LogP contribution >= 0.6 is 0 Å². The Kier molecular flexibility index (Phi) is 19.8. The number of carboxylic acids is 1. The number of nitrogens with zero attached hydrogens (tertiary/aromatic N) is 2. The van der Waals surface area contributed by atoms with E-state index in [1.807, 2.05) is 59.7 Å². The molecule has 0 aromatic heterocycles. The van der Waals surface area contributed by atoms with Gasteiger partial charge in [-0.05, 0) is 154 Å². The summed E-state index contributed by atoms with van der Waals surface area (Å²) in [7, 11) is 4.27. The zero-order valence-electron chi connectivity index (χ0n) is 56.6. The van der Waals surface area contributed by atoms with E-state index in [4.69, 9.17) is 9.47 Å². The van der Waals surface area contributed by atoms with E-state index in [1.165, 1.54) is 5.56 Å². The van der Waals surface area contributed by atoms with Gasteiger partial charge in [-0.1, -0.05) is 175 Å². The fourth-order valence-corrected chi connectivity index (χ4v) is 12.8. The van der Waals surface area contributed by atoms with Crippen molar-refractivity contribution in [2.75, 3.05) is 14.1 Å². The molecule has 0 saturated carbocycles. The van der Waals surface area contributed by atoms with Crippen molar-refractivity contribution >= 4 is 17.9 Å². The van der Waals surface area contributed by atoms with Gasteiger partial charge in [0, 0.05) is 64.5 Å². The molecular weight excluding hydrogens is 1010 g/mol. The smallest absolute Gasteiger partial charge is 0.336 e. The molecule has 3 aromatic rings. The van der Waals surface area contributed by atoms with Gasteiger partial charge in [0.15, 0.2) is 5.41 Å². The molecule has 0 aliphatic carbocycles. The molecule has 3 aromatic carbocycles. The second-order valence-corrected chi connectivity index (χ2v) is 33.3. The van der Waals surface area contributed by atoms with Crippen molar-refractivity contribution in [2.24, 2.45) is 5.41 Å². The number of ether oxygens (including phenoxy) is 2. The lowest BCUT2D eigenvalue weighted by molar-refractivity contribution is -0.188. The number of hydrogen-bond acceptors (Lipinski definition) is 9. The number of rotatable bonds is 11. The Bertz CT molecular complexity index is 2640. The van der Waals surface area contributed by atoms with Gasteiger partial charge in [0.05, 0.1) is 5.56 Å². The van der Waals surface area contributed by atoms with Crippen molar-refractivity contribution < 1.29 is 39.2 Å². The van der Waals surface area contributed by atoms with Crippen LogP contribution < -0.4 is 0 Å². The molecule has 10 heteroatoms. The number of aromatic carboxylic acids is 1. The van der Waals surface area contributed by atoms with Crippen molar-refractivity contribution in [1.29, 1.82) is 0 Å². The zero-order valence-corrected chi connectivity index (χ0v) is 56.6. The van der Waals surface area contributed by atoms with Gasteiger partial charge >= 0.3 is 17.9 Å². The fourth-order valence-electron chi connectivity index (χ4n) is 12.8. The van der Waals surface area contributed by atoms with E-state index in [0.29, 0.717) is 55.2 Å². The Morgan fingerprint density at radius 1 is 0.531 bits per heavy atom. The average molecular weight is 1120 g/mol. The number of esters is 2. The molecule has 3 N–H and O–H groups in total. The van der Waals surface area contributed by atoms with Gasteiger partial charge in [-0.25, -0.2) is 4.79 Å². The highest BCUT2D eigenvalue weighted by atomic mass is 16.6. The monoisotopic (exact) mass is 1120 g/mol. The maximum absolute atomic E-state index is 15.0. The first-order valence-electron chi connectivity index (χ1n) is 30.2. The second kappa shape index (κ2) is 23.2. The third kappa shape index (κ3) is 15.5. The lowest BCUT2D eigenvalue weighted by Gasteiger charge is -2.53. The van der Waals surface area contributed by atoms with E-state index < -0.39 is 34.2 Å². The van der Waals surface area contributed by atoms with Gasteiger partial charge in [0.25, 0.3) is 0 Å². The first-order valence-corrected chi connectivity index (χ1v) is 30.2. The lowest BCUT2D eigenvalue weighted by Crippen LogP contribution is -2.61. The van der Waals surface area contributed by atoms with E-state index in [9.17, 15) is 29.7 Å². The third-order valence-electron chi connectivity index (χ3n) is 18.2. The Morgan fingerprint density at radius 3 is 1.22 bits per heavy atom. The fraction of sp³-hybridized carbons (Fsp3) is 0.704. The number of carbonyl (C=O) groups excluding carboxylic acids is 2. The van der Waals surface area contributed by atoms with Gasteiger partial charge in [-0.2, -0.15) is 0 Å². The summed E-state index contributed by atoms with van der Waals surface area (Å²) in [5.74, 6) is -1.47. The summed E-state index contributed by atoms with van der Waals surface area (Å²) in [6.07, 6.45) is 4.01. The Balaban J connectivity index is 0.000000381. The van der Waals surface area contributed by atoms with Crippen LogP contribution in [-0.2, 0) is 58.0 Å². The molecule has 81 heavy (non-hydrogen) atoms. The average Bonchev–Trinajstić information content (AvgIpc) is 3.26. The maximum atomic E-state index is 15.0. The van der Waals surface area contributed by atoms with E-state index in [0.717, 1.165) is 34.2 Å². The van der Waals surface area contributed by atoms with Crippen LogP contribution in [0.3, 0.4) is 0 Å². The first kappa shape index (κ1) is 69.1. The number of phenolic OH excluding ortho intramolecular Hbond substituents is 2. The summed E-state index contributed by atoms with van der Waals surface area (Å²) in [5.41, 5.74) is 3.74. The van der Waals surface area contributed by atoms with Crippen molar-refractivity contribution in [3.8, 4) is 22.6 Å². The first-order chi connectivity index (χ1) is 36.2. The highest BCUT2D eigenvalue weighted by Crippen LogP contribution is 2.50. The summed E-state index contributed by atoms with van der Waals surface area (Å²) >= 11 is 0. The number of benzene rings is 3. The number of phenols is 2. The van der Waals surface area contributed by atoms with Crippen LogP contribution in [0.5, 0.6) is 11.5 Å². The Morgan fingerprint density at radius 2 is 0.901 bits per heavy atom. The molecule has 2 aliphatic rings. The molecule has 5 rings (SSSR count). The van der Waals surface area contributed by atoms with Crippen LogP contribution in [0.4, 0.5) is 0 Å². The third-order valence-corrected chi connectivity index (χ3v) is 18.2. The lowest BCUT2D eigenvalue weighted by atomic mass is 9.71. The molecule has 0 atom stereocenters. The second-order valence-electron chi connectivity index (χ2n) is 33.3. The summed E-state index contributed by atoms with van der Waals surface area (Å²) in [6, 6.07) is 12.0. The molecule has 0 unspecified atom stereocenters. The Hall–Kier alpha value is -4.41. The molecule has 2 fully saturated rings. The maximum Gasteiger partial charge on any atom is 0.336 e. The van der Waals surface area contributed by atoms with Gasteiger partial charge < -0.3 is 24.8 Å². The number of carboxylic acid groups (broad SMARTS) is 1. The standard InChI is InChI=1S/C42H72N2O5.C29H42O3/c1-18-19-20-42(34(46)48-29-24-38(8,9)43(16)39(10,11)25-29,35(47)49-30-26-40(12,13)44(17)41(14,15)27-30)23-28-21-31(36(2,3)4)33(45)32(22-28)37(5,6)7;1-26(2,3)17-13-14-18(20(15-17)27(4,5)6)22-19(25(31)32)16-21(28(7,8)9)24(30)23(22)29(10,11)12/h21-22,29-30,45H,18-20,23-27H2,1-17H3;13-16,30H,1-12H3,(H,31,32). The number of likely N-dealkylation sites (tertiary alicyclic amines) is 2. The number of aromatic hydroxyl groups is 2. The number of hydrogen-bond donors (Lipinski definition) is 3. The van der Waals surface area contributed by atoms with Crippen LogP contribution in [0.1, 0.15) is 281 Å². The van der Waals surface area contributed by atoms with Crippen molar-refractivity contribution in [2.45, 2.75) is 305 Å². The van der Waals surface area contributed by atoms with E-state index in [1.54, 1.807) is 6.07 Å².